The zero-order chi connectivity index (χ0) is 10.3. The first kappa shape index (κ1) is 9.13. The van der Waals surface area contributed by atoms with Gasteiger partial charge in [0.25, 0.3) is 0 Å². The molecule has 0 atom stereocenters. The van der Waals surface area contributed by atoms with Crippen molar-refractivity contribution in [1.82, 2.24) is 4.57 Å². The summed E-state index contributed by atoms with van der Waals surface area (Å²) >= 11 is 0. The Morgan fingerprint density at radius 1 is 1.14 bits per heavy atom. The fourth-order valence-electron chi connectivity index (χ4n) is 1.78. The number of aromatic nitrogens is 1. The van der Waals surface area contributed by atoms with Crippen molar-refractivity contribution in [2.24, 2.45) is 0 Å². The molecule has 1 heterocycles. The highest BCUT2D eigenvalue weighted by Gasteiger charge is 2.15. The topological polar surface area (TPSA) is 30.9 Å². The van der Waals surface area contributed by atoms with Crippen LogP contribution in [0.3, 0.4) is 0 Å². The molecule has 0 aliphatic heterocycles. The number of nitrogens with zero attached hydrogens (tertiary/aromatic N) is 1. The third kappa shape index (κ3) is 1.27. The summed E-state index contributed by atoms with van der Waals surface area (Å²) in [5.74, 6) is 0. The highest BCUT2D eigenvalue weighted by atomic mass is 15.0. The SMILES string of the molecule is CC(C)(C)n1ccc2cccc(N)c21. The second-order valence-electron chi connectivity index (χ2n) is 4.64. The van der Waals surface area contributed by atoms with E-state index >= 15 is 0 Å². The van der Waals surface area contributed by atoms with E-state index < -0.39 is 0 Å². The van der Waals surface area contributed by atoms with Crippen LogP contribution in [0.2, 0.25) is 0 Å². The second kappa shape index (κ2) is 2.77. The Hall–Kier alpha value is -1.44. The van der Waals surface area contributed by atoms with Crippen LogP contribution in [0.5, 0.6) is 0 Å². The molecule has 0 fully saturated rings. The van der Waals surface area contributed by atoms with E-state index in [1.165, 1.54) is 5.39 Å². The lowest BCUT2D eigenvalue weighted by atomic mass is 10.1. The molecule has 0 amide bonds. The predicted octanol–water partition coefficient (Wildman–Crippen LogP) is 2.98. The second-order valence-corrected chi connectivity index (χ2v) is 4.64. The van der Waals surface area contributed by atoms with Gasteiger partial charge in [0.15, 0.2) is 0 Å². The zero-order valence-corrected chi connectivity index (χ0v) is 8.91. The summed E-state index contributed by atoms with van der Waals surface area (Å²) in [6.45, 7) is 6.54. The van der Waals surface area contributed by atoms with Gasteiger partial charge in [-0.05, 0) is 32.9 Å². The Labute approximate surface area is 84.3 Å². The summed E-state index contributed by atoms with van der Waals surface area (Å²) in [5, 5.41) is 1.21. The van der Waals surface area contributed by atoms with E-state index in [2.05, 4.69) is 43.7 Å². The molecule has 0 saturated carbocycles. The molecule has 0 unspecified atom stereocenters. The van der Waals surface area contributed by atoms with E-state index in [1.807, 2.05) is 12.1 Å². The first-order valence-corrected chi connectivity index (χ1v) is 4.86. The number of hydrogen-bond acceptors (Lipinski definition) is 1. The number of fused-ring (bicyclic) bond motifs is 1. The first-order chi connectivity index (χ1) is 6.50. The number of nitrogens with two attached hydrogens (primary N) is 1. The van der Waals surface area contributed by atoms with Crippen LogP contribution in [-0.4, -0.2) is 4.57 Å². The smallest absolute Gasteiger partial charge is 0.0718 e. The summed E-state index contributed by atoms with van der Waals surface area (Å²) < 4.78 is 2.22. The molecule has 1 aromatic carbocycles. The fraction of sp³-hybridized carbons (Fsp3) is 0.333. The largest absolute Gasteiger partial charge is 0.397 e. The van der Waals surface area contributed by atoms with Crippen molar-refractivity contribution in [3.8, 4) is 0 Å². The Bertz CT molecular complexity index is 461. The molecule has 2 rings (SSSR count). The Morgan fingerprint density at radius 2 is 1.86 bits per heavy atom. The van der Waals surface area contributed by atoms with Gasteiger partial charge in [-0.1, -0.05) is 12.1 Å². The number of nitrogen functional groups attached to an aromatic ring is 1. The first-order valence-electron chi connectivity index (χ1n) is 4.86. The molecule has 74 valence electrons. The quantitative estimate of drug-likeness (QED) is 0.633. The maximum Gasteiger partial charge on any atom is 0.0718 e. The molecule has 1 aromatic heterocycles. The lowest BCUT2D eigenvalue weighted by molar-refractivity contribution is 0.411. The minimum absolute atomic E-state index is 0.0806. The van der Waals surface area contributed by atoms with Gasteiger partial charge in [0.05, 0.1) is 11.2 Å². The van der Waals surface area contributed by atoms with Gasteiger partial charge in [0, 0.05) is 17.1 Å². The molecule has 2 N–H and O–H groups in total. The van der Waals surface area contributed by atoms with Gasteiger partial charge in [-0.3, -0.25) is 0 Å². The van der Waals surface area contributed by atoms with Crippen LogP contribution in [-0.2, 0) is 5.54 Å². The van der Waals surface area contributed by atoms with Crippen LogP contribution >= 0.6 is 0 Å². The van der Waals surface area contributed by atoms with E-state index in [4.69, 9.17) is 5.73 Å². The standard InChI is InChI=1S/C12H16N2/c1-12(2,3)14-8-7-9-5-4-6-10(13)11(9)14/h4-8H,13H2,1-3H3. The number of hydrogen-bond donors (Lipinski definition) is 1. The van der Waals surface area contributed by atoms with Crippen molar-refractivity contribution in [3.05, 3.63) is 30.5 Å². The van der Waals surface area contributed by atoms with Gasteiger partial charge in [0.1, 0.15) is 0 Å². The van der Waals surface area contributed by atoms with Gasteiger partial charge in [-0.15, -0.1) is 0 Å². The van der Waals surface area contributed by atoms with Crippen LogP contribution < -0.4 is 5.73 Å². The van der Waals surface area contributed by atoms with E-state index in [9.17, 15) is 0 Å². The number of benzene rings is 1. The normalized spacial score (nSPS) is 12.2. The molecule has 0 saturated heterocycles. The average molecular weight is 188 g/mol. The molecule has 0 aliphatic rings. The Kier molecular flexibility index (Phi) is 1.81. The van der Waals surface area contributed by atoms with Crippen molar-refractivity contribution >= 4 is 16.6 Å². The summed E-state index contributed by atoms with van der Waals surface area (Å²) in [6.07, 6.45) is 2.10. The lowest BCUT2D eigenvalue weighted by Crippen LogP contribution is -2.20. The molecular weight excluding hydrogens is 172 g/mol. The van der Waals surface area contributed by atoms with Crippen LogP contribution in [0.25, 0.3) is 10.9 Å². The minimum atomic E-state index is 0.0806. The highest BCUT2D eigenvalue weighted by molar-refractivity contribution is 5.90. The van der Waals surface area contributed by atoms with Gasteiger partial charge >= 0.3 is 0 Å². The Balaban J connectivity index is 2.80. The van der Waals surface area contributed by atoms with E-state index in [0.717, 1.165) is 11.2 Å². The molecule has 0 radical (unpaired) electrons. The van der Waals surface area contributed by atoms with Crippen molar-refractivity contribution in [3.63, 3.8) is 0 Å². The lowest BCUT2D eigenvalue weighted by Gasteiger charge is -2.23. The van der Waals surface area contributed by atoms with Crippen LogP contribution in [0.4, 0.5) is 5.69 Å². The zero-order valence-electron chi connectivity index (χ0n) is 8.91. The molecule has 0 spiro atoms. The van der Waals surface area contributed by atoms with Crippen molar-refractivity contribution < 1.29 is 0 Å². The van der Waals surface area contributed by atoms with Gasteiger partial charge in [0.2, 0.25) is 0 Å². The predicted molar refractivity (Wildman–Crippen MR) is 61.3 cm³/mol. The van der Waals surface area contributed by atoms with Crippen LogP contribution in [0.15, 0.2) is 30.5 Å². The summed E-state index contributed by atoms with van der Waals surface area (Å²) in [4.78, 5) is 0. The maximum atomic E-state index is 5.98. The van der Waals surface area contributed by atoms with Gasteiger partial charge < -0.3 is 10.3 Å². The summed E-state index contributed by atoms with van der Waals surface area (Å²) in [7, 11) is 0. The molecule has 14 heavy (non-hydrogen) atoms. The molecule has 2 heteroatoms. The minimum Gasteiger partial charge on any atom is -0.397 e. The molecule has 0 bridgehead atoms. The molecule has 2 nitrogen and oxygen atoms in total. The third-order valence-electron chi connectivity index (χ3n) is 2.47. The number of rotatable bonds is 0. The van der Waals surface area contributed by atoms with E-state index in [0.29, 0.717) is 0 Å². The molecular formula is C12H16N2. The molecule has 2 aromatic rings. The van der Waals surface area contributed by atoms with Crippen LogP contribution in [0.1, 0.15) is 20.8 Å². The number of anilines is 1. The van der Waals surface area contributed by atoms with Crippen molar-refractivity contribution in [1.29, 1.82) is 0 Å². The monoisotopic (exact) mass is 188 g/mol. The van der Waals surface area contributed by atoms with Crippen LogP contribution in [0, 0.1) is 0 Å². The molecule has 0 aliphatic carbocycles. The third-order valence-corrected chi connectivity index (χ3v) is 2.47. The average Bonchev–Trinajstić information content (AvgIpc) is 2.47. The highest BCUT2D eigenvalue weighted by Crippen LogP contribution is 2.27. The summed E-state index contributed by atoms with van der Waals surface area (Å²) in [5.41, 5.74) is 8.05. The van der Waals surface area contributed by atoms with E-state index in [-0.39, 0.29) is 5.54 Å². The van der Waals surface area contributed by atoms with Crippen molar-refractivity contribution in [2.45, 2.75) is 26.3 Å². The number of para-hydroxylation sites is 1. The fourth-order valence-corrected chi connectivity index (χ4v) is 1.78. The summed E-state index contributed by atoms with van der Waals surface area (Å²) in [6, 6.07) is 8.14. The van der Waals surface area contributed by atoms with E-state index in [1.54, 1.807) is 0 Å². The van der Waals surface area contributed by atoms with Gasteiger partial charge in [-0.2, -0.15) is 0 Å². The van der Waals surface area contributed by atoms with Gasteiger partial charge in [-0.25, -0.2) is 0 Å². The van der Waals surface area contributed by atoms with Crippen molar-refractivity contribution in [2.75, 3.05) is 5.73 Å². The maximum absolute atomic E-state index is 5.98. The Morgan fingerprint density at radius 3 is 2.50 bits per heavy atom.